The Labute approximate surface area is 180 Å². The van der Waals surface area contributed by atoms with Crippen LogP contribution in [0.25, 0.3) is 4.85 Å². The van der Waals surface area contributed by atoms with Crippen molar-refractivity contribution in [3.05, 3.63) is 105 Å². The van der Waals surface area contributed by atoms with E-state index >= 15 is 0 Å². The molecule has 0 amide bonds. The molecule has 32 heavy (non-hydrogen) atoms. The summed E-state index contributed by atoms with van der Waals surface area (Å²) in [6, 6.07) is 7.61. The second-order valence-corrected chi connectivity index (χ2v) is 7.10. The van der Waals surface area contributed by atoms with Crippen molar-refractivity contribution in [2.24, 2.45) is 0 Å². The molecule has 0 aromatic heterocycles. The Morgan fingerprint density at radius 1 is 1.16 bits per heavy atom. The van der Waals surface area contributed by atoms with E-state index in [1.807, 2.05) is 0 Å². The maximum Gasteiger partial charge on any atom is 0.416 e. The van der Waals surface area contributed by atoms with Gasteiger partial charge in [0.15, 0.2) is 5.70 Å². The van der Waals surface area contributed by atoms with E-state index < -0.39 is 40.8 Å². The van der Waals surface area contributed by atoms with Crippen molar-refractivity contribution >= 4 is 5.97 Å². The van der Waals surface area contributed by atoms with Gasteiger partial charge < -0.3 is 10.1 Å². The van der Waals surface area contributed by atoms with Crippen molar-refractivity contribution in [3.63, 3.8) is 0 Å². The minimum atomic E-state index is -4.94. The summed E-state index contributed by atoms with van der Waals surface area (Å²) < 4.78 is 73.4. The molecule has 9 heteroatoms. The first-order chi connectivity index (χ1) is 15.1. The third-order valence-corrected chi connectivity index (χ3v) is 5.04. The van der Waals surface area contributed by atoms with E-state index in [-0.39, 0.29) is 29.1 Å². The molecule has 0 saturated heterocycles. The van der Waals surface area contributed by atoms with Crippen molar-refractivity contribution in [2.75, 3.05) is 7.11 Å². The fourth-order valence-corrected chi connectivity index (χ4v) is 3.71. The largest absolute Gasteiger partial charge is 0.466 e. The highest BCUT2D eigenvalue weighted by Crippen LogP contribution is 2.45. The highest BCUT2D eigenvalue weighted by molar-refractivity contribution is 5.93. The second kappa shape index (κ2) is 8.83. The fourth-order valence-electron chi connectivity index (χ4n) is 3.71. The summed E-state index contributed by atoms with van der Waals surface area (Å²) in [5, 5.41) is 2.89. The number of ether oxygens (including phenoxy) is 1. The molecule has 1 aliphatic heterocycles. The molecule has 0 spiro atoms. The molecule has 1 atom stereocenters. The average molecular weight is 448 g/mol. The summed E-state index contributed by atoms with van der Waals surface area (Å²) in [7, 11) is 1.07. The van der Waals surface area contributed by atoms with E-state index in [1.165, 1.54) is 25.1 Å². The zero-order valence-corrected chi connectivity index (χ0v) is 17.0. The van der Waals surface area contributed by atoms with Gasteiger partial charge in [-0.1, -0.05) is 18.2 Å². The van der Waals surface area contributed by atoms with Crippen molar-refractivity contribution in [1.29, 1.82) is 0 Å². The monoisotopic (exact) mass is 448 g/mol. The molecule has 1 aliphatic rings. The summed E-state index contributed by atoms with van der Waals surface area (Å²) in [6.07, 6.45) is -4.94. The number of halogens is 5. The standard InChI is InChI=1S/C23H17F5N2O2/c1-12-19(22(31)32-3)20(16-8-7-15(25)11-17(16)23(26,27)28)21(29-2)18(30-12)10-13-5-4-6-14(24)9-13/h4-9,11,20,30H,10H2,1,3H3. The second-order valence-electron chi connectivity index (χ2n) is 7.10. The molecule has 0 saturated carbocycles. The van der Waals surface area contributed by atoms with Gasteiger partial charge in [0.25, 0.3) is 0 Å². The zero-order chi connectivity index (χ0) is 23.6. The van der Waals surface area contributed by atoms with Crippen LogP contribution in [0.2, 0.25) is 0 Å². The Bertz CT molecular complexity index is 1180. The lowest BCUT2D eigenvalue weighted by Crippen LogP contribution is -2.30. The molecule has 1 heterocycles. The number of dihydropyridines is 1. The number of rotatable bonds is 4. The Morgan fingerprint density at radius 3 is 2.44 bits per heavy atom. The quantitative estimate of drug-likeness (QED) is 0.382. The molecule has 2 aromatic rings. The van der Waals surface area contributed by atoms with Crippen LogP contribution in [0.1, 0.15) is 29.5 Å². The summed E-state index contributed by atoms with van der Waals surface area (Å²) >= 11 is 0. The van der Waals surface area contributed by atoms with E-state index in [0.29, 0.717) is 11.6 Å². The number of allylic oxidation sites excluding steroid dienone is 3. The van der Waals surface area contributed by atoms with Crippen molar-refractivity contribution in [1.82, 2.24) is 5.32 Å². The maximum absolute atomic E-state index is 13.8. The number of alkyl halides is 3. The number of methoxy groups -OCH3 is 1. The van der Waals surface area contributed by atoms with Crippen LogP contribution in [0.5, 0.6) is 0 Å². The van der Waals surface area contributed by atoms with Gasteiger partial charge >= 0.3 is 12.1 Å². The number of hydrogen-bond acceptors (Lipinski definition) is 3. The molecule has 0 aliphatic carbocycles. The SMILES string of the molecule is [C-]#[N+]C1=C(Cc2cccc(F)c2)NC(C)=C(C(=O)OC)C1c1ccc(F)cc1C(F)(F)F. The van der Waals surface area contributed by atoms with Crippen molar-refractivity contribution in [2.45, 2.75) is 25.4 Å². The molecule has 166 valence electrons. The number of esters is 1. The van der Waals surface area contributed by atoms with E-state index in [1.54, 1.807) is 6.07 Å². The first kappa shape index (κ1) is 23.0. The molecule has 1 N–H and O–H groups in total. The molecule has 0 radical (unpaired) electrons. The highest BCUT2D eigenvalue weighted by atomic mass is 19.4. The van der Waals surface area contributed by atoms with Crippen LogP contribution in [0, 0.1) is 18.2 Å². The van der Waals surface area contributed by atoms with Crippen LogP contribution >= 0.6 is 0 Å². The van der Waals surface area contributed by atoms with Crippen LogP contribution in [0.4, 0.5) is 22.0 Å². The van der Waals surface area contributed by atoms with Gasteiger partial charge in [-0.25, -0.2) is 18.4 Å². The number of nitrogens with one attached hydrogen (secondary N) is 1. The number of carbonyl (C=O) groups is 1. The van der Waals surface area contributed by atoms with Crippen LogP contribution in [0.3, 0.4) is 0 Å². The summed E-state index contributed by atoms with van der Waals surface area (Å²) in [5.74, 6) is -4.01. The summed E-state index contributed by atoms with van der Waals surface area (Å²) in [4.78, 5) is 15.9. The van der Waals surface area contributed by atoms with Gasteiger partial charge in [-0.2, -0.15) is 13.2 Å². The van der Waals surface area contributed by atoms with Gasteiger partial charge in [-0.15, -0.1) is 0 Å². The third kappa shape index (κ3) is 4.49. The predicted molar refractivity (Wildman–Crippen MR) is 106 cm³/mol. The molecule has 0 bridgehead atoms. The highest BCUT2D eigenvalue weighted by Gasteiger charge is 2.42. The van der Waals surface area contributed by atoms with E-state index in [2.05, 4.69) is 10.2 Å². The zero-order valence-electron chi connectivity index (χ0n) is 17.0. The van der Waals surface area contributed by atoms with Gasteiger partial charge in [0, 0.05) is 17.8 Å². The minimum Gasteiger partial charge on any atom is -0.466 e. The Balaban J connectivity index is 2.27. The number of hydrogen-bond donors (Lipinski definition) is 1. The van der Waals surface area contributed by atoms with Gasteiger partial charge in [-0.3, -0.25) is 0 Å². The summed E-state index contributed by atoms with van der Waals surface area (Å²) in [6.45, 7) is 9.12. The third-order valence-electron chi connectivity index (χ3n) is 5.04. The number of carbonyl (C=O) groups excluding carboxylic acids is 1. The van der Waals surface area contributed by atoms with Crippen molar-refractivity contribution < 1.29 is 31.5 Å². The number of nitrogens with zero attached hydrogens (tertiary/aromatic N) is 1. The minimum absolute atomic E-state index is 0.000309. The van der Waals surface area contributed by atoms with E-state index in [4.69, 9.17) is 11.3 Å². The molecule has 2 aromatic carbocycles. The molecular formula is C23H17F5N2O2. The van der Waals surface area contributed by atoms with Gasteiger partial charge in [-0.05, 0) is 42.3 Å². The Hall–Kier alpha value is -3.67. The van der Waals surface area contributed by atoms with Crippen LogP contribution in [-0.2, 0) is 22.1 Å². The lowest BCUT2D eigenvalue weighted by atomic mass is 9.81. The first-order valence-electron chi connectivity index (χ1n) is 9.34. The maximum atomic E-state index is 13.8. The lowest BCUT2D eigenvalue weighted by molar-refractivity contribution is -0.139. The molecular weight excluding hydrogens is 431 g/mol. The van der Waals surface area contributed by atoms with Gasteiger partial charge in [0.2, 0.25) is 0 Å². The predicted octanol–water partition coefficient (Wildman–Crippen LogP) is 5.49. The van der Waals surface area contributed by atoms with E-state index in [9.17, 15) is 26.7 Å². The fraction of sp³-hybridized carbons (Fsp3) is 0.217. The van der Waals surface area contributed by atoms with Crippen LogP contribution in [-0.4, -0.2) is 13.1 Å². The van der Waals surface area contributed by atoms with Gasteiger partial charge in [0.1, 0.15) is 11.6 Å². The van der Waals surface area contributed by atoms with Crippen LogP contribution < -0.4 is 5.32 Å². The normalized spacial score (nSPS) is 16.5. The Morgan fingerprint density at radius 2 is 1.84 bits per heavy atom. The Kier molecular flexibility index (Phi) is 6.35. The molecule has 3 rings (SSSR count). The smallest absolute Gasteiger partial charge is 0.416 e. The topological polar surface area (TPSA) is 42.7 Å². The van der Waals surface area contributed by atoms with Crippen molar-refractivity contribution in [3.8, 4) is 0 Å². The number of benzene rings is 2. The van der Waals surface area contributed by atoms with Gasteiger partial charge in [0.05, 0.1) is 30.7 Å². The molecule has 0 fully saturated rings. The van der Waals surface area contributed by atoms with Crippen LogP contribution in [0.15, 0.2) is 65.1 Å². The van der Waals surface area contributed by atoms with E-state index in [0.717, 1.165) is 19.2 Å². The first-order valence-corrected chi connectivity index (χ1v) is 9.34. The molecule has 4 nitrogen and oxygen atoms in total. The lowest BCUT2D eigenvalue weighted by Gasteiger charge is -2.31. The average Bonchev–Trinajstić information content (AvgIpc) is 2.72. The molecule has 1 unspecified atom stereocenters. The summed E-state index contributed by atoms with van der Waals surface area (Å²) in [5.41, 5.74) is -1.29.